The summed E-state index contributed by atoms with van der Waals surface area (Å²) in [6.07, 6.45) is 3.34. The van der Waals surface area contributed by atoms with Gasteiger partial charge in [0.2, 0.25) is 5.91 Å². The second-order valence-electron chi connectivity index (χ2n) is 6.65. The predicted molar refractivity (Wildman–Crippen MR) is 80.3 cm³/mol. The Morgan fingerprint density at radius 2 is 2.00 bits per heavy atom. The number of amides is 1. The molecule has 1 aromatic rings. The van der Waals surface area contributed by atoms with Crippen molar-refractivity contribution < 1.29 is 4.79 Å². The zero-order valence-electron chi connectivity index (χ0n) is 12.5. The molecule has 3 nitrogen and oxygen atoms in total. The summed E-state index contributed by atoms with van der Waals surface area (Å²) >= 11 is 0. The molecule has 0 aromatic heterocycles. The maximum absolute atomic E-state index is 12.6. The van der Waals surface area contributed by atoms with Gasteiger partial charge in [-0.2, -0.15) is 0 Å². The van der Waals surface area contributed by atoms with E-state index in [1.54, 1.807) is 0 Å². The lowest BCUT2D eigenvalue weighted by Crippen LogP contribution is -2.38. The molecule has 2 N–H and O–H groups in total. The van der Waals surface area contributed by atoms with Crippen LogP contribution in [0.4, 0.5) is 0 Å². The van der Waals surface area contributed by atoms with Gasteiger partial charge in [0.1, 0.15) is 0 Å². The molecule has 20 heavy (non-hydrogen) atoms. The summed E-state index contributed by atoms with van der Waals surface area (Å²) in [5, 5.41) is 6.55. The number of nitrogens with one attached hydrogen (secondary N) is 2. The summed E-state index contributed by atoms with van der Waals surface area (Å²) in [6.45, 7) is 7.00. The van der Waals surface area contributed by atoms with Crippen LogP contribution < -0.4 is 10.6 Å². The summed E-state index contributed by atoms with van der Waals surface area (Å²) in [4.78, 5) is 12.6. The third kappa shape index (κ3) is 2.14. The molecule has 1 aliphatic heterocycles. The monoisotopic (exact) mass is 272 g/mol. The van der Waals surface area contributed by atoms with Crippen LogP contribution in [0.1, 0.15) is 37.3 Å². The van der Waals surface area contributed by atoms with Crippen molar-refractivity contribution in [2.24, 2.45) is 10.8 Å². The smallest absolute Gasteiger partial charge is 0.226 e. The van der Waals surface area contributed by atoms with E-state index in [4.69, 9.17) is 0 Å². The van der Waals surface area contributed by atoms with Crippen LogP contribution in [0.25, 0.3) is 0 Å². The van der Waals surface area contributed by atoms with E-state index < -0.39 is 0 Å². The summed E-state index contributed by atoms with van der Waals surface area (Å²) in [6, 6.07) is 8.24. The van der Waals surface area contributed by atoms with Crippen LogP contribution in [0.5, 0.6) is 0 Å². The Kier molecular flexibility index (Phi) is 3.33. The van der Waals surface area contributed by atoms with Crippen molar-refractivity contribution >= 4 is 5.91 Å². The van der Waals surface area contributed by atoms with Crippen LogP contribution >= 0.6 is 0 Å². The molecular formula is C17H24N2O. The first kappa shape index (κ1) is 13.6. The number of rotatable bonds is 3. The third-order valence-electron chi connectivity index (χ3n) is 5.50. The second-order valence-corrected chi connectivity index (χ2v) is 6.65. The standard InChI is InChI=1S/C17H24N2O/c1-13-5-3-4-6-14(13)11-19-15(20)16(2)12-17(16)7-9-18-10-8-17/h3-6,18H,7-12H2,1-2H3,(H,19,20). The summed E-state index contributed by atoms with van der Waals surface area (Å²) in [7, 11) is 0. The highest BCUT2D eigenvalue weighted by atomic mass is 16.2. The van der Waals surface area contributed by atoms with Crippen LogP contribution in [0.2, 0.25) is 0 Å². The molecule has 1 spiro atoms. The van der Waals surface area contributed by atoms with E-state index in [0.717, 1.165) is 32.4 Å². The number of carbonyl (C=O) groups is 1. The average Bonchev–Trinajstić information content (AvgIpc) is 3.03. The van der Waals surface area contributed by atoms with Crippen molar-refractivity contribution in [2.45, 2.75) is 39.7 Å². The van der Waals surface area contributed by atoms with Gasteiger partial charge in [-0.25, -0.2) is 0 Å². The Labute approximate surface area is 121 Å². The lowest BCUT2D eigenvalue weighted by molar-refractivity contribution is -0.127. The van der Waals surface area contributed by atoms with Crippen molar-refractivity contribution in [1.82, 2.24) is 10.6 Å². The molecule has 1 saturated heterocycles. The van der Waals surface area contributed by atoms with Crippen molar-refractivity contribution in [3.05, 3.63) is 35.4 Å². The van der Waals surface area contributed by atoms with E-state index in [2.05, 4.69) is 36.6 Å². The Balaban J connectivity index is 1.62. The lowest BCUT2D eigenvalue weighted by atomic mass is 9.85. The largest absolute Gasteiger partial charge is 0.352 e. The number of hydrogen-bond acceptors (Lipinski definition) is 2. The molecule has 3 heteroatoms. The highest BCUT2D eigenvalue weighted by molar-refractivity contribution is 5.86. The first-order chi connectivity index (χ1) is 9.57. The Hall–Kier alpha value is -1.35. The number of hydrogen-bond donors (Lipinski definition) is 2. The maximum atomic E-state index is 12.6. The normalized spacial score (nSPS) is 27.3. The zero-order chi connectivity index (χ0) is 14.2. The van der Waals surface area contributed by atoms with Crippen LogP contribution in [0.3, 0.4) is 0 Å². The van der Waals surface area contributed by atoms with Gasteiger partial charge in [-0.3, -0.25) is 4.79 Å². The Morgan fingerprint density at radius 3 is 2.70 bits per heavy atom. The molecule has 1 amide bonds. The van der Waals surface area contributed by atoms with Gasteiger partial charge in [-0.05, 0) is 55.8 Å². The minimum atomic E-state index is -0.141. The molecule has 1 unspecified atom stereocenters. The van der Waals surface area contributed by atoms with Crippen molar-refractivity contribution in [1.29, 1.82) is 0 Å². The first-order valence-electron chi connectivity index (χ1n) is 7.61. The first-order valence-corrected chi connectivity index (χ1v) is 7.61. The average molecular weight is 272 g/mol. The highest BCUT2D eigenvalue weighted by Gasteiger charge is 2.67. The molecule has 1 heterocycles. The van der Waals surface area contributed by atoms with Crippen molar-refractivity contribution in [3.8, 4) is 0 Å². The minimum absolute atomic E-state index is 0.141. The molecular weight excluding hydrogens is 248 g/mol. The number of aryl methyl sites for hydroxylation is 1. The van der Waals surface area contributed by atoms with Gasteiger partial charge in [0, 0.05) is 6.54 Å². The van der Waals surface area contributed by atoms with Crippen molar-refractivity contribution in [2.75, 3.05) is 13.1 Å². The third-order valence-corrected chi connectivity index (χ3v) is 5.50. The SMILES string of the molecule is Cc1ccccc1CNC(=O)C1(C)CC12CCNCC2. The van der Waals surface area contributed by atoms with Crippen molar-refractivity contribution in [3.63, 3.8) is 0 Å². The van der Waals surface area contributed by atoms with E-state index in [9.17, 15) is 4.79 Å². The number of carbonyl (C=O) groups excluding carboxylic acids is 1. The fraction of sp³-hybridized carbons (Fsp3) is 0.588. The van der Waals surface area contributed by atoms with Crippen LogP contribution in [0, 0.1) is 17.8 Å². The van der Waals surface area contributed by atoms with E-state index in [1.165, 1.54) is 11.1 Å². The van der Waals surface area contributed by atoms with E-state index in [-0.39, 0.29) is 16.7 Å². The van der Waals surface area contributed by atoms with Gasteiger partial charge < -0.3 is 10.6 Å². The summed E-state index contributed by atoms with van der Waals surface area (Å²) < 4.78 is 0. The molecule has 1 aliphatic carbocycles. The fourth-order valence-corrected chi connectivity index (χ4v) is 3.77. The lowest BCUT2D eigenvalue weighted by Gasteiger charge is -2.27. The van der Waals surface area contributed by atoms with Crippen LogP contribution in [-0.2, 0) is 11.3 Å². The molecule has 0 bridgehead atoms. The van der Waals surface area contributed by atoms with Gasteiger partial charge in [0.05, 0.1) is 5.41 Å². The summed E-state index contributed by atoms with van der Waals surface area (Å²) in [5.41, 5.74) is 2.58. The van der Waals surface area contributed by atoms with Gasteiger partial charge in [-0.1, -0.05) is 31.2 Å². The quantitative estimate of drug-likeness (QED) is 0.887. The maximum Gasteiger partial charge on any atom is 0.226 e. The van der Waals surface area contributed by atoms with E-state index in [0.29, 0.717) is 6.54 Å². The minimum Gasteiger partial charge on any atom is -0.352 e. The molecule has 1 atom stereocenters. The Bertz CT molecular complexity index is 519. The summed E-state index contributed by atoms with van der Waals surface area (Å²) in [5.74, 6) is 0.239. The molecule has 1 saturated carbocycles. The van der Waals surface area contributed by atoms with Gasteiger partial charge in [0.15, 0.2) is 0 Å². The van der Waals surface area contributed by atoms with Crippen LogP contribution in [-0.4, -0.2) is 19.0 Å². The molecule has 3 rings (SSSR count). The second kappa shape index (κ2) is 4.88. The molecule has 2 aliphatic rings. The fourth-order valence-electron chi connectivity index (χ4n) is 3.77. The highest BCUT2D eigenvalue weighted by Crippen LogP contribution is 2.68. The number of piperidine rings is 1. The van der Waals surface area contributed by atoms with E-state index >= 15 is 0 Å². The zero-order valence-corrected chi connectivity index (χ0v) is 12.5. The predicted octanol–water partition coefficient (Wildman–Crippen LogP) is 2.39. The van der Waals surface area contributed by atoms with Crippen LogP contribution in [0.15, 0.2) is 24.3 Å². The number of benzene rings is 1. The van der Waals surface area contributed by atoms with Gasteiger partial charge in [0.25, 0.3) is 0 Å². The molecule has 2 fully saturated rings. The Morgan fingerprint density at radius 1 is 1.30 bits per heavy atom. The van der Waals surface area contributed by atoms with E-state index in [1.807, 2.05) is 12.1 Å². The van der Waals surface area contributed by atoms with Gasteiger partial charge >= 0.3 is 0 Å². The topological polar surface area (TPSA) is 41.1 Å². The van der Waals surface area contributed by atoms with Gasteiger partial charge in [-0.15, -0.1) is 0 Å². The molecule has 1 aromatic carbocycles. The molecule has 108 valence electrons. The molecule has 0 radical (unpaired) electrons.